The summed E-state index contributed by atoms with van der Waals surface area (Å²) in [5.74, 6) is -0.874. The van der Waals surface area contributed by atoms with E-state index in [0.717, 1.165) is 46.9 Å². The first-order valence-corrected chi connectivity index (χ1v) is 15.3. The first kappa shape index (κ1) is 27.0. The van der Waals surface area contributed by atoms with E-state index in [4.69, 9.17) is 9.84 Å². The topological polar surface area (TPSA) is 91.2 Å². The molecule has 3 aromatic carbocycles. The number of halogens is 1. The highest BCUT2D eigenvalue weighted by Crippen LogP contribution is 2.46. The number of rotatable bonds is 9. The molecule has 208 valence electrons. The van der Waals surface area contributed by atoms with Crippen LogP contribution in [0.1, 0.15) is 53.0 Å². The number of nitrogens with zero attached hydrogens (tertiary/aromatic N) is 3. The number of hydrogen-bond acceptors (Lipinski definition) is 7. The Morgan fingerprint density at radius 2 is 1.78 bits per heavy atom. The number of benzene rings is 3. The van der Waals surface area contributed by atoms with Crippen LogP contribution in [0, 0.1) is 5.82 Å². The van der Waals surface area contributed by atoms with Crippen molar-refractivity contribution in [1.29, 1.82) is 0 Å². The number of carbonyl (C=O) groups excluding carboxylic acids is 1. The fourth-order valence-electron chi connectivity index (χ4n) is 4.91. The fraction of sp³-hybridized carbons (Fsp3) is 0.194. The van der Waals surface area contributed by atoms with Gasteiger partial charge in [-0.1, -0.05) is 54.6 Å². The van der Waals surface area contributed by atoms with Crippen LogP contribution in [0.25, 0.3) is 27.5 Å². The average molecular weight is 588 g/mol. The van der Waals surface area contributed by atoms with E-state index >= 15 is 4.39 Å². The third-order valence-electron chi connectivity index (χ3n) is 7.00. The number of carbonyl (C=O) groups is 1. The van der Waals surface area contributed by atoms with Gasteiger partial charge in [-0.25, -0.2) is 27.3 Å². The van der Waals surface area contributed by atoms with Crippen LogP contribution in [-0.4, -0.2) is 35.8 Å². The molecular weight excluding hydrogens is 561 g/mol. The van der Waals surface area contributed by atoms with Crippen molar-refractivity contribution in [3.63, 3.8) is 0 Å². The van der Waals surface area contributed by atoms with Crippen LogP contribution in [0.5, 0.6) is 0 Å². The standard InChI is InChI=1S/C31H26FN3O4S2/c1-2-39-30(36)27-18-40-31(33-27)35-29(20-11-12-20)25(16-22-13-14-24(41(37)38)17-26(22)32)28(34-35)23-10-6-9-21(15-23)19-7-4-3-5-8-19/h3-10,13-15,17-18,20,41H,2,11-12,16H2,1H3. The van der Waals surface area contributed by atoms with Gasteiger partial charge in [-0.2, -0.15) is 5.10 Å². The minimum Gasteiger partial charge on any atom is -0.461 e. The molecule has 6 rings (SSSR count). The Labute approximate surface area is 242 Å². The van der Waals surface area contributed by atoms with Crippen molar-refractivity contribution in [3.8, 4) is 27.5 Å². The first-order chi connectivity index (χ1) is 19.9. The summed E-state index contributed by atoms with van der Waals surface area (Å²) in [5.41, 5.74) is 6.00. The van der Waals surface area contributed by atoms with Gasteiger partial charge in [-0.05, 0) is 54.7 Å². The molecule has 0 radical (unpaired) electrons. The zero-order valence-corrected chi connectivity index (χ0v) is 23.8. The molecule has 0 amide bonds. The fourth-order valence-corrected chi connectivity index (χ4v) is 6.08. The summed E-state index contributed by atoms with van der Waals surface area (Å²) < 4.78 is 45.0. The Morgan fingerprint density at radius 3 is 2.49 bits per heavy atom. The molecule has 5 aromatic rings. The molecule has 0 atom stereocenters. The second-order valence-electron chi connectivity index (χ2n) is 9.79. The molecule has 0 spiro atoms. The molecule has 0 unspecified atom stereocenters. The van der Waals surface area contributed by atoms with E-state index in [2.05, 4.69) is 11.1 Å². The summed E-state index contributed by atoms with van der Waals surface area (Å²) in [6.07, 6.45) is 2.13. The quantitative estimate of drug-likeness (QED) is 0.158. The van der Waals surface area contributed by atoms with Gasteiger partial charge in [0, 0.05) is 28.8 Å². The highest BCUT2D eigenvalue weighted by Gasteiger charge is 2.34. The van der Waals surface area contributed by atoms with Crippen molar-refractivity contribution in [3.05, 3.63) is 107 Å². The Hall–Kier alpha value is -4.15. The van der Waals surface area contributed by atoms with Crippen molar-refractivity contribution in [2.24, 2.45) is 0 Å². The second kappa shape index (κ2) is 11.4. The highest BCUT2D eigenvalue weighted by atomic mass is 32.2. The van der Waals surface area contributed by atoms with Crippen LogP contribution in [-0.2, 0) is 21.9 Å². The van der Waals surface area contributed by atoms with E-state index in [1.165, 1.54) is 23.5 Å². The zero-order valence-electron chi connectivity index (χ0n) is 22.1. The molecule has 2 heterocycles. The molecule has 1 saturated carbocycles. The van der Waals surface area contributed by atoms with Gasteiger partial charge >= 0.3 is 5.97 Å². The summed E-state index contributed by atoms with van der Waals surface area (Å²) in [7, 11) is -2.89. The number of aromatic nitrogens is 3. The lowest BCUT2D eigenvalue weighted by molar-refractivity contribution is 0.0520. The summed E-state index contributed by atoms with van der Waals surface area (Å²) in [6.45, 7) is 1.99. The predicted molar refractivity (Wildman–Crippen MR) is 156 cm³/mol. The monoisotopic (exact) mass is 587 g/mol. The van der Waals surface area contributed by atoms with Gasteiger partial charge in [-0.15, -0.1) is 11.3 Å². The van der Waals surface area contributed by atoms with Crippen LogP contribution in [0.3, 0.4) is 0 Å². The molecule has 1 aliphatic carbocycles. The molecule has 0 N–H and O–H groups in total. The van der Waals surface area contributed by atoms with Crippen molar-refractivity contribution >= 4 is 28.0 Å². The van der Waals surface area contributed by atoms with E-state index in [9.17, 15) is 13.2 Å². The molecule has 0 saturated heterocycles. The van der Waals surface area contributed by atoms with Crippen LogP contribution >= 0.6 is 11.3 Å². The maximum Gasteiger partial charge on any atom is 0.357 e. The van der Waals surface area contributed by atoms with Crippen molar-refractivity contribution in [1.82, 2.24) is 14.8 Å². The molecule has 10 heteroatoms. The minimum atomic E-state index is -2.89. The van der Waals surface area contributed by atoms with Gasteiger partial charge in [0.05, 0.1) is 22.9 Å². The third-order valence-corrected chi connectivity index (χ3v) is 8.52. The van der Waals surface area contributed by atoms with E-state index in [1.54, 1.807) is 17.0 Å². The maximum absolute atomic E-state index is 15.2. The molecule has 2 aromatic heterocycles. The maximum atomic E-state index is 15.2. The molecular formula is C31H26FN3O4S2. The average Bonchev–Trinajstić information content (AvgIpc) is 3.57. The number of ether oxygens (including phenoxy) is 1. The number of thiol groups is 1. The largest absolute Gasteiger partial charge is 0.461 e. The number of hydrogen-bond donors (Lipinski definition) is 1. The van der Waals surface area contributed by atoms with Crippen LogP contribution in [0.15, 0.2) is 83.1 Å². The smallest absolute Gasteiger partial charge is 0.357 e. The van der Waals surface area contributed by atoms with Crippen molar-refractivity contribution < 1.29 is 22.3 Å². The summed E-state index contributed by atoms with van der Waals surface area (Å²) in [6, 6.07) is 22.1. The van der Waals surface area contributed by atoms with Crippen LogP contribution in [0.4, 0.5) is 4.39 Å². The summed E-state index contributed by atoms with van der Waals surface area (Å²) in [5, 5.41) is 7.22. The van der Waals surface area contributed by atoms with Gasteiger partial charge in [0.2, 0.25) is 5.13 Å². The van der Waals surface area contributed by atoms with Gasteiger partial charge in [0.1, 0.15) is 5.82 Å². The normalized spacial score (nSPS) is 13.0. The molecule has 0 aliphatic heterocycles. The highest BCUT2D eigenvalue weighted by molar-refractivity contribution is 7.72. The van der Waals surface area contributed by atoms with Gasteiger partial charge in [0.15, 0.2) is 16.4 Å². The lowest BCUT2D eigenvalue weighted by Gasteiger charge is -2.10. The predicted octanol–water partition coefficient (Wildman–Crippen LogP) is 6.42. The van der Waals surface area contributed by atoms with E-state index < -0.39 is 22.5 Å². The van der Waals surface area contributed by atoms with Gasteiger partial charge in [-0.3, -0.25) is 0 Å². The summed E-state index contributed by atoms with van der Waals surface area (Å²) >= 11 is 1.30. The second-order valence-corrected chi connectivity index (χ2v) is 11.7. The lowest BCUT2D eigenvalue weighted by atomic mass is 9.95. The molecule has 1 aliphatic rings. The SMILES string of the molecule is CCOC(=O)c1csc(-n2nc(-c3cccc(-c4ccccc4)c3)c(Cc3ccc([SH](=O)=O)cc3F)c2C2CC2)n1. The van der Waals surface area contributed by atoms with Gasteiger partial charge in [0.25, 0.3) is 0 Å². The van der Waals surface area contributed by atoms with Crippen molar-refractivity contribution in [2.75, 3.05) is 6.61 Å². The van der Waals surface area contributed by atoms with Crippen LogP contribution in [0.2, 0.25) is 0 Å². The van der Waals surface area contributed by atoms with Crippen molar-refractivity contribution in [2.45, 2.75) is 37.0 Å². The van der Waals surface area contributed by atoms with E-state index in [-0.39, 0.29) is 29.5 Å². The Bertz CT molecular complexity index is 1820. The Balaban J connectivity index is 1.51. The molecule has 41 heavy (non-hydrogen) atoms. The van der Waals surface area contributed by atoms with Gasteiger partial charge < -0.3 is 4.74 Å². The Kier molecular flexibility index (Phi) is 7.51. The Morgan fingerprint density at radius 1 is 1.02 bits per heavy atom. The van der Waals surface area contributed by atoms with E-state index in [0.29, 0.717) is 16.4 Å². The third kappa shape index (κ3) is 5.57. The molecule has 1 fully saturated rings. The zero-order chi connectivity index (χ0) is 28.5. The number of esters is 1. The molecule has 7 nitrogen and oxygen atoms in total. The summed E-state index contributed by atoms with van der Waals surface area (Å²) in [4.78, 5) is 16.8. The molecule has 0 bridgehead atoms. The lowest BCUT2D eigenvalue weighted by Crippen LogP contribution is -2.07. The number of thiazole rings is 1. The first-order valence-electron chi connectivity index (χ1n) is 13.3. The van der Waals surface area contributed by atoms with Crippen LogP contribution < -0.4 is 0 Å². The minimum absolute atomic E-state index is 0.0653. The van der Waals surface area contributed by atoms with E-state index in [1.807, 2.05) is 48.5 Å².